The SMILES string of the molecule is Cc1ccc(F)cc1Cc1cc(Cl)ncc1N. The highest BCUT2D eigenvalue weighted by Crippen LogP contribution is 2.21. The number of aryl methyl sites for hydroxylation is 1. The van der Waals surface area contributed by atoms with Gasteiger partial charge in [-0.25, -0.2) is 9.37 Å². The smallest absolute Gasteiger partial charge is 0.129 e. The maximum Gasteiger partial charge on any atom is 0.129 e. The molecule has 2 aromatic rings. The van der Waals surface area contributed by atoms with Gasteiger partial charge in [-0.1, -0.05) is 17.7 Å². The number of anilines is 1. The second-order valence-corrected chi connectivity index (χ2v) is 4.34. The molecule has 1 aromatic carbocycles. The van der Waals surface area contributed by atoms with E-state index < -0.39 is 0 Å². The van der Waals surface area contributed by atoms with Gasteiger partial charge in [0.15, 0.2) is 0 Å². The van der Waals surface area contributed by atoms with Crippen molar-refractivity contribution in [3.63, 3.8) is 0 Å². The van der Waals surface area contributed by atoms with Crippen molar-refractivity contribution in [2.24, 2.45) is 0 Å². The van der Waals surface area contributed by atoms with Crippen molar-refractivity contribution in [3.8, 4) is 0 Å². The molecule has 0 aliphatic carbocycles. The van der Waals surface area contributed by atoms with Crippen molar-refractivity contribution in [2.75, 3.05) is 5.73 Å². The molecule has 0 radical (unpaired) electrons. The third kappa shape index (κ3) is 2.74. The molecule has 0 spiro atoms. The number of halogens is 2. The highest BCUT2D eigenvalue weighted by Gasteiger charge is 2.06. The molecule has 2 N–H and O–H groups in total. The number of rotatable bonds is 2. The summed E-state index contributed by atoms with van der Waals surface area (Å²) in [6.07, 6.45) is 2.07. The van der Waals surface area contributed by atoms with Gasteiger partial charge in [0.1, 0.15) is 11.0 Å². The van der Waals surface area contributed by atoms with Crippen molar-refractivity contribution < 1.29 is 4.39 Å². The lowest BCUT2D eigenvalue weighted by Gasteiger charge is -2.08. The Kier molecular flexibility index (Phi) is 3.29. The Bertz CT molecular complexity index is 506. The van der Waals surface area contributed by atoms with Crippen molar-refractivity contribution in [3.05, 3.63) is 58.1 Å². The molecule has 0 atom stereocenters. The van der Waals surface area contributed by atoms with Gasteiger partial charge in [-0.3, -0.25) is 0 Å². The molecule has 0 saturated heterocycles. The van der Waals surface area contributed by atoms with Crippen LogP contribution in [0.4, 0.5) is 10.1 Å². The third-order valence-corrected chi connectivity index (χ3v) is 2.89. The first-order chi connectivity index (χ1) is 8.06. The van der Waals surface area contributed by atoms with E-state index in [1.165, 1.54) is 18.3 Å². The number of hydrogen-bond donors (Lipinski definition) is 1. The summed E-state index contributed by atoms with van der Waals surface area (Å²) in [6.45, 7) is 1.94. The third-order valence-electron chi connectivity index (χ3n) is 2.68. The van der Waals surface area contributed by atoms with E-state index in [-0.39, 0.29) is 5.82 Å². The van der Waals surface area contributed by atoms with Crippen LogP contribution >= 0.6 is 11.6 Å². The first-order valence-electron chi connectivity index (χ1n) is 5.21. The monoisotopic (exact) mass is 250 g/mol. The summed E-state index contributed by atoms with van der Waals surface area (Å²) >= 11 is 5.81. The van der Waals surface area contributed by atoms with E-state index in [0.29, 0.717) is 17.3 Å². The summed E-state index contributed by atoms with van der Waals surface area (Å²) in [7, 11) is 0. The Morgan fingerprint density at radius 1 is 1.29 bits per heavy atom. The summed E-state index contributed by atoms with van der Waals surface area (Å²) in [5, 5.41) is 0.392. The van der Waals surface area contributed by atoms with Crippen LogP contribution in [0.5, 0.6) is 0 Å². The molecule has 1 aromatic heterocycles. The minimum Gasteiger partial charge on any atom is -0.397 e. The van der Waals surface area contributed by atoms with E-state index in [0.717, 1.165) is 16.7 Å². The normalized spacial score (nSPS) is 10.5. The summed E-state index contributed by atoms with van der Waals surface area (Å²) in [5.74, 6) is -0.246. The molecular formula is C13H12ClFN2. The number of nitrogen functional groups attached to an aromatic ring is 1. The lowest BCUT2D eigenvalue weighted by molar-refractivity contribution is 0.625. The van der Waals surface area contributed by atoms with Crippen LogP contribution in [0.2, 0.25) is 5.15 Å². The highest BCUT2D eigenvalue weighted by molar-refractivity contribution is 6.29. The van der Waals surface area contributed by atoms with E-state index in [4.69, 9.17) is 17.3 Å². The second-order valence-electron chi connectivity index (χ2n) is 3.95. The number of nitrogens with zero attached hydrogens (tertiary/aromatic N) is 1. The van der Waals surface area contributed by atoms with Crippen molar-refractivity contribution in [1.29, 1.82) is 0 Å². The van der Waals surface area contributed by atoms with E-state index >= 15 is 0 Å². The van der Waals surface area contributed by atoms with E-state index in [9.17, 15) is 4.39 Å². The van der Waals surface area contributed by atoms with Crippen molar-refractivity contribution in [2.45, 2.75) is 13.3 Å². The lowest BCUT2D eigenvalue weighted by atomic mass is 10.0. The molecule has 0 unspecified atom stereocenters. The molecule has 0 fully saturated rings. The predicted octanol–water partition coefficient (Wildman–Crippen LogP) is 3.36. The number of aromatic nitrogens is 1. The molecule has 17 heavy (non-hydrogen) atoms. The first kappa shape index (κ1) is 11.9. The van der Waals surface area contributed by atoms with Crippen molar-refractivity contribution in [1.82, 2.24) is 4.98 Å². The van der Waals surface area contributed by atoms with Crippen LogP contribution in [0, 0.1) is 12.7 Å². The van der Waals surface area contributed by atoms with Gasteiger partial charge in [-0.05, 0) is 48.2 Å². The van der Waals surface area contributed by atoms with Gasteiger partial charge in [-0.15, -0.1) is 0 Å². The van der Waals surface area contributed by atoms with Crippen molar-refractivity contribution >= 4 is 17.3 Å². The zero-order valence-electron chi connectivity index (χ0n) is 9.37. The Morgan fingerprint density at radius 2 is 2.06 bits per heavy atom. The molecule has 0 aliphatic heterocycles. The minimum absolute atomic E-state index is 0.246. The van der Waals surface area contributed by atoms with Crippen LogP contribution in [-0.4, -0.2) is 4.98 Å². The Morgan fingerprint density at radius 3 is 2.82 bits per heavy atom. The fourth-order valence-electron chi connectivity index (χ4n) is 1.67. The fraction of sp³-hybridized carbons (Fsp3) is 0.154. The first-order valence-corrected chi connectivity index (χ1v) is 5.59. The average Bonchev–Trinajstić information content (AvgIpc) is 2.28. The van der Waals surface area contributed by atoms with Crippen LogP contribution in [0.3, 0.4) is 0 Å². The number of benzene rings is 1. The Balaban J connectivity index is 2.37. The molecule has 0 aliphatic rings. The maximum atomic E-state index is 13.2. The van der Waals surface area contributed by atoms with Gasteiger partial charge < -0.3 is 5.73 Å². The molecule has 2 rings (SSSR count). The van der Waals surface area contributed by atoms with Crippen LogP contribution < -0.4 is 5.73 Å². The number of hydrogen-bond acceptors (Lipinski definition) is 2. The van der Waals surface area contributed by atoms with Gasteiger partial charge in [-0.2, -0.15) is 0 Å². The molecule has 0 bridgehead atoms. The van der Waals surface area contributed by atoms with E-state index in [2.05, 4.69) is 4.98 Å². The largest absolute Gasteiger partial charge is 0.397 e. The Hall–Kier alpha value is -1.61. The molecule has 0 saturated carbocycles. The van der Waals surface area contributed by atoms with Crippen LogP contribution in [0.25, 0.3) is 0 Å². The summed E-state index contributed by atoms with van der Waals surface area (Å²) in [6, 6.07) is 6.43. The molecular weight excluding hydrogens is 239 g/mol. The number of nitrogens with two attached hydrogens (primary N) is 1. The maximum absolute atomic E-state index is 13.2. The highest BCUT2D eigenvalue weighted by atomic mass is 35.5. The van der Waals surface area contributed by atoms with Crippen LogP contribution in [0.15, 0.2) is 30.5 Å². The predicted molar refractivity (Wildman–Crippen MR) is 67.6 cm³/mol. The molecule has 2 nitrogen and oxygen atoms in total. The zero-order valence-corrected chi connectivity index (χ0v) is 10.1. The van der Waals surface area contributed by atoms with E-state index in [1.807, 2.05) is 6.92 Å². The summed E-state index contributed by atoms with van der Waals surface area (Å²) < 4.78 is 13.2. The zero-order chi connectivity index (χ0) is 12.4. The van der Waals surface area contributed by atoms with Gasteiger partial charge in [0, 0.05) is 0 Å². The summed E-state index contributed by atoms with van der Waals surface area (Å²) in [4.78, 5) is 3.89. The topological polar surface area (TPSA) is 38.9 Å². The minimum atomic E-state index is -0.246. The van der Waals surface area contributed by atoms with Gasteiger partial charge >= 0.3 is 0 Å². The standard InChI is InChI=1S/C13H12ClFN2/c1-8-2-3-11(15)5-9(8)4-10-6-13(14)17-7-12(10)16/h2-3,5-7H,4,16H2,1H3. The lowest BCUT2D eigenvalue weighted by Crippen LogP contribution is -1.99. The second kappa shape index (κ2) is 4.72. The number of pyridine rings is 1. The van der Waals surface area contributed by atoms with Gasteiger partial charge in [0.05, 0.1) is 11.9 Å². The molecule has 0 amide bonds. The molecule has 1 heterocycles. The fourth-order valence-corrected chi connectivity index (χ4v) is 1.85. The van der Waals surface area contributed by atoms with Crippen LogP contribution in [0.1, 0.15) is 16.7 Å². The average molecular weight is 251 g/mol. The quantitative estimate of drug-likeness (QED) is 0.830. The molecule has 88 valence electrons. The van der Waals surface area contributed by atoms with Crippen LogP contribution in [-0.2, 0) is 6.42 Å². The Labute approximate surface area is 104 Å². The molecule has 4 heteroatoms. The van der Waals surface area contributed by atoms with E-state index in [1.54, 1.807) is 12.1 Å². The summed E-state index contributed by atoms with van der Waals surface area (Å²) in [5.41, 5.74) is 9.17. The van der Waals surface area contributed by atoms with Gasteiger partial charge in [0.25, 0.3) is 0 Å². The van der Waals surface area contributed by atoms with Gasteiger partial charge in [0.2, 0.25) is 0 Å².